The summed E-state index contributed by atoms with van der Waals surface area (Å²) >= 11 is 0. The number of para-hydroxylation sites is 3. The molecule has 5 aliphatic rings. The standard InChI is InChI=1S/C50H28B2N2O4/c1-25-16-18-38-32(20-25)51-34-22-30-28-12-6-8-14-36(28)57-49(30)47-44(34)54-45-35(52-33-21-26(2)17-19-39(33)56-41-24-40(55-38)42(51)46(54)43(41)52)23-31-29-13-7-9-15-37(29)58-50(31)48(45)53(47)27-10-4-3-5-11-27/h3-24H,1-2H3. The average Bonchev–Trinajstić information content (AvgIpc) is 3.82. The van der Waals surface area contributed by atoms with E-state index in [-0.39, 0.29) is 13.4 Å². The number of nitrogens with zero attached hydrogens (tertiary/aromatic N) is 2. The Labute approximate surface area is 332 Å². The number of ether oxygens (including phenoxy) is 2. The first kappa shape index (κ1) is 29.9. The van der Waals surface area contributed by atoms with Gasteiger partial charge < -0.3 is 28.1 Å². The fourth-order valence-corrected chi connectivity index (χ4v) is 11.1. The van der Waals surface area contributed by atoms with E-state index in [9.17, 15) is 0 Å². The van der Waals surface area contributed by atoms with Crippen LogP contribution in [-0.2, 0) is 0 Å². The molecule has 0 unspecified atom stereocenters. The molecule has 0 radical (unpaired) electrons. The van der Waals surface area contributed by atoms with Crippen molar-refractivity contribution in [3.63, 3.8) is 0 Å². The maximum atomic E-state index is 7.08. The lowest BCUT2D eigenvalue weighted by Crippen LogP contribution is -2.67. The van der Waals surface area contributed by atoms with E-state index in [0.29, 0.717) is 0 Å². The minimum Gasteiger partial charge on any atom is -0.458 e. The molecule has 0 spiro atoms. The van der Waals surface area contributed by atoms with Gasteiger partial charge in [-0.25, -0.2) is 0 Å². The zero-order chi connectivity index (χ0) is 37.7. The van der Waals surface area contributed by atoms with Crippen molar-refractivity contribution >= 4 is 124 Å². The number of rotatable bonds is 1. The number of aryl methyl sites for hydroxylation is 2. The van der Waals surface area contributed by atoms with E-state index in [0.717, 1.165) is 112 Å². The largest absolute Gasteiger partial charge is 0.458 e. The number of anilines is 6. The van der Waals surface area contributed by atoms with Gasteiger partial charge in [-0.05, 0) is 83.0 Å². The quantitative estimate of drug-likeness (QED) is 0.157. The minimum atomic E-state index is -0.114. The molecule has 0 amide bonds. The summed E-state index contributed by atoms with van der Waals surface area (Å²) < 4.78 is 28.1. The summed E-state index contributed by atoms with van der Waals surface area (Å²) in [5.41, 5.74) is 19.3. The third-order valence-corrected chi connectivity index (χ3v) is 13.3. The molecule has 8 aromatic carbocycles. The van der Waals surface area contributed by atoms with Crippen molar-refractivity contribution in [2.24, 2.45) is 0 Å². The van der Waals surface area contributed by atoms with Crippen LogP contribution in [0.3, 0.4) is 0 Å². The SMILES string of the molecule is Cc1ccc2c(c1)B1c3cc4c(oc5ccccc54)c4c3N3c5c1c(cc1c5B(c5cc(C)ccc5O1)c1cc5c(oc6ccccc65)c(c13)N4c1ccccc1)O2. The van der Waals surface area contributed by atoms with Gasteiger partial charge in [-0.2, -0.15) is 0 Å². The van der Waals surface area contributed by atoms with Gasteiger partial charge in [-0.3, -0.25) is 0 Å². The maximum Gasteiger partial charge on any atom is 0.256 e. The van der Waals surface area contributed by atoms with E-state index in [1.54, 1.807) is 0 Å². The van der Waals surface area contributed by atoms with Gasteiger partial charge >= 0.3 is 0 Å². The lowest BCUT2D eigenvalue weighted by atomic mass is 9.29. The molecule has 0 aliphatic carbocycles. The van der Waals surface area contributed by atoms with Gasteiger partial charge in [-0.1, -0.05) is 102 Å². The van der Waals surface area contributed by atoms with Gasteiger partial charge in [0.05, 0.1) is 11.4 Å². The molecule has 0 bridgehead atoms. The Morgan fingerprint density at radius 1 is 0.397 bits per heavy atom. The van der Waals surface area contributed by atoms with Crippen molar-refractivity contribution < 1.29 is 18.3 Å². The van der Waals surface area contributed by atoms with Gasteiger partial charge in [0, 0.05) is 39.0 Å². The third-order valence-electron chi connectivity index (χ3n) is 13.3. The highest BCUT2D eigenvalue weighted by Crippen LogP contribution is 2.61. The fraction of sp³-hybridized carbons (Fsp3) is 0.0400. The monoisotopic (exact) mass is 742 g/mol. The van der Waals surface area contributed by atoms with Crippen LogP contribution in [0.5, 0.6) is 23.0 Å². The van der Waals surface area contributed by atoms with Crippen molar-refractivity contribution in [3.8, 4) is 23.0 Å². The van der Waals surface area contributed by atoms with E-state index in [1.807, 2.05) is 0 Å². The highest BCUT2D eigenvalue weighted by atomic mass is 16.5. The molecular formula is C50H28B2N2O4. The second-order valence-corrected chi connectivity index (χ2v) is 16.5. The molecule has 7 heterocycles. The van der Waals surface area contributed by atoms with Crippen LogP contribution >= 0.6 is 0 Å². The Kier molecular flexibility index (Phi) is 5.14. The summed E-state index contributed by atoms with van der Waals surface area (Å²) in [4.78, 5) is 4.98. The first-order chi connectivity index (χ1) is 28.6. The predicted octanol–water partition coefficient (Wildman–Crippen LogP) is 9.23. The Hall–Kier alpha value is -7.31. The second kappa shape index (κ2) is 9.97. The Bertz CT molecular complexity index is 3380. The Morgan fingerprint density at radius 3 is 1.43 bits per heavy atom. The highest BCUT2D eigenvalue weighted by Gasteiger charge is 2.55. The molecule has 6 nitrogen and oxygen atoms in total. The molecule has 268 valence electrons. The van der Waals surface area contributed by atoms with Crippen molar-refractivity contribution in [2.45, 2.75) is 13.8 Å². The highest BCUT2D eigenvalue weighted by molar-refractivity contribution is 7.04. The summed E-state index contributed by atoms with van der Waals surface area (Å²) in [6.07, 6.45) is 0. The van der Waals surface area contributed by atoms with Crippen LogP contribution < -0.4 is 52.1 Å². The van der Waals surface area contributed by atoms with Crippen molar-refractivity contribution in [3.05, 3.63) is 145 Å². The topological polar surface area (TPSA) is 51.2 Å². The molecule has 10 aromatic rings. The number of benzene rings is 8. The van der Waals surface area contributed by atoms with Crippen molar-refractivity contribution in [2.75, 3.05) is 9.80 Å². The van der Waals surface area contributed by atoms with Crippen molar-refractivity contribution in [1.29, 1.82) is 0 Å². The van der Waals surface area contributed by atoms with Crippen LogP contribution in [0, 0.1) is 13.8 Å². The third kappa shape index (κ3) is 3.39. The number of hydrogen-bond donors (Lipinski definition) is 0. The average molecular weight is 742 g/mol. The molecule has 58 heavy (non-hydrogen) atoms. The Balaban J connectivity index is 1.22. The maximum absolute atomic E-state index is 7.08. The zero-order valence-corrected chi connectivity index (χ0v) is 31.4. The molecule has 0 N–H and O–H groups in total. The summed E-state index contributed by atoms with van der Waals surface area (Å²) in [5, 5.41) is 4.34. The molecule has 0 atom stereocenters. The van der Waals surface area contributed by atoms with Gasteiger partial charge in [0.1, 0.15) is 45.5 Å². The van der Waals surface area contributed by atoms with Crippen LogP contribution in [0.1, 0.15) is 11.1 Å². The molecular weight excluding hydrogens is 714 g/mol. The summed E-state index contributed by atoms with van der Waals surface area (Å²) in [6, 6.07) is 47.8. The lowest BCUT2D eigenvalue weighted by Gasteiger charge is -2.51. The number of hydrogen-bond acceptors (Lipinski definition) is 6. The summed E-state index contributed by atoms with van der Waals surface area (Å²) in [6.45, 7) is 4.12. The van der Waals surface area contributed by atoms with Gasteiger partial charge in [0.2, 0.25) is 0 Å². The molecule has 0 fully saturated rings. The van der Waals surface area contributed by atoms with Crippen LogP contribution in [-0.4, -0.2) is 13.4 Å². The summed E-state index contributed by atoms with van der Waals surface area (Å²) in [7, 11) is 0. The fourth-order valence-electron chi connectivity index (χ4n) is 11.1. The van der Waals surface area contributed by atoms with Gasteiger partial charge in [-0.15, -0.1) is 0 Å². The van der Waals surface area contributed by atoms with E-state index in [4.69, 9.17) is 18.3 Å². The first-order valence-electron chi connectivity index (χ1n) is 20.0. The first-order valence-corrected chi connectivity index (χ1v) is 20.0. The smallest absolute Gasteiger partial charge is 0.256 e. The molecule has 5 aliphatic heterocycles. The van der Waals surface area contributed by atoms with Gasteiger partial charge in [0.15, 0.2) is 11.2 Å². The molecule has 2 aromatic heterocycles. The predicted molar refractivity (Wildman–Crippen MR) is 236 cm³/mol. The lowest BCUT2D eigenvalue weighted by molar-refractivity contribution is 0.465. The number of fused-ring (bicyclic) bond motifs is 14. The Morgan fingerprint density at radius 2 is 0.897 bits per heavy atom. The van der Waals surface area contributed by atoms with E-state index in [1.165, 1.54) is 33.0 Å². The van der Waals surface area contributed by atoms with Crippen LogP contribution in [0.2, 0.25) is 0 Å². The zero-order valence-electron chi connectivity index (χ0n) is 31.4. The van der Waals surface area contributed by atoms with Crippen LogP contribution in [0.4, 0.5) is 34.1 Å². The van der Waals surface area contributed by atoms with E-state index >= 15 is 0 Å². The van der Waals surface area contributed by atoms with Crippen molar-refractivity contribution in [1.82, 2.24) is 0 Å². The minimum absolute atomic E-state index is 0.114. The molecule has 0 saturated heterocycles. The molecule has 0 saturated carbocycles. The normalized spacial score (nSPS) is 14.5. The van der Waals surface area contributed by atoms with E-state index in [2.05, 4.69) is 157 Å². The second-order valence-electron chi connectivity index (χ2n) is 16.5. The molecule has 8 heteroatoms. The van der Waals surface area contributed by atoms with Crippen LogP contribution in [0.25, 0.3) is 43.9 Å². The van der Waals surface area contributed by atoms with Crippen LogP contribution in [0.15, 0.2) is 142 Å². The van der Waals surface area contributed by atoms with E-state index < -0.39 is 0 Å². The molecule has 15 rings (SSSR count). The number of furan rings is 2. The summed E-state index contributed by atoms with van der Waals surface area (Å²) in [5.74, 6) is 3.40. The van der Waals surface area contributed by atoms with Gasteiger partial charge in [0.25, 0.3) is 13.4 Å².